The van der Waals surface area contributed by atoms with Crippen molar-refractivity contribution in [1.29, 1.82) is 0 Å². The standard InChI is InChI=1S/C6H7N.Al.H2O.3H/c7-6-4-2-1-3-5-6;;;;;/h1-5H,7H2;;1H2;;;. The van der Waals surface area contributed by atoms with Gasteiger partial charge in [0.15, 0.2) is 17.4 Å². The van der Waals surface area contributed by atoms with Crippen LogP contribution in [0.5, 0.6) is 0 Å². The highest BCUT2D eigenvalue weighted by molar-refractivity contribution is 5.75. The highest BCUT2D eigenvalue weighted by atomic mass is 27.0. The summed E-state index contributed by atoms with van der Waals surface area (Å²) in [5, 5.41) is 0. The molecule has 3 heteroatoms. The Hall–Kier alpha value is -0.488. The molecule has 0 radical (unpaired) electrons. The number of benzene rings is 1. The monoisotopic (exact) mass is 141 g/mol. The molecule has 2 nitrogen and oxygen atoms in total. The number of nitrogens with two attached hydrogens (primary N) is 1. The third-order valence-corrected chi connectivity index (χ3v) is 0.800. The maximum atomic E-state index is 5.36. The van der Waals surface area contributed by atoms with Crippen molar-refractivity contribution in [3.8, 4) is 0 Å². The first-order chi connectivity index (χ1) is 3.39. The van der Waals surface area contributed by atoms with Crippen LogP contribution in [0.2, 0.25) is 0 Å². The second-order valence-corrected chi connectivity index (χ2v) is 1.41. The van der Waals surface area contributed by atoms with Crippen molar-refractivity contribution in [1.82, 2.24) is 0 Å². The fourth-order valence-corrected chi connectivity index (χ4v) is 0.453. The normalized spacial score (nSPS) is 6.67. The van der Waals surface area contributed by atoms with Gasteiger partial charge in [0.25, 0.3) is 0 Å². The fraction of sp³-hybridized carbons (Fsp3) is 0. The van der Waals surface area contributed by atoms with E-state index in [1.54, 1.807) is 0 Å². The fourth-order valence-electron chi connectivity index (χ4n) is 0.453. The van der Waals surface area contributed by atoms with Gasteiger partial charge in [-0.25, -0.2) is 0 Å². The molecule has 0 heterocycles. The summed E-state index contributed by atoms with van der Waals surface area (Å²) in [5.41, 5.74) is 6.18. The second-order valence-electron chi connectivity index (χ2n) is 1.41. The molecular formula is C6H12AlNO. The van der Waals surface area contributed by atoms with Gasteiger partial charge in [-0.15, -0.1) is 0 Å². The Kier molecular flexibility index (Phi) is 7.11. The Bertz CT molecular complexity index is 143. The summed E-state index contributed by atoms with van der Waals surface area (Å²) in [4.78, 5) is 0. The van der Waals surface area contributed by atoms with Gasteiger partial charge >= 0.3 is 0 Å². The van der Waals surface area contributed by atoms with Crippen LogP contribution in [0.1, 0.15) is 0 Å². The molecule has 1 aromatic carbocycles. The van der Waals surface area contributed by atoms with Crippen molar-refractivity contribution < 1.29 is 5.48 Å². The van der Waals surface area contributed by atoms with E-state index in [0.717, 1.165) is 5.69 Å². The lowest BCUT2D eigenvalue weighted by molar-refractivity contribution is 0.824. The van der Waals surface area contributed by atoms with Crippen molar-refractivity contribution in [3.05, 3.63) is 30.3 Å². The molecule has 0 spiro atoms. The topological polar surface area (TPSA) is 57.5 Å². The van der Waals surface area contributed by atoms with Gasteiger partial charge in [0.2, 0.25) is 0 Å². The van der Waals surface area contributed by atoms with Crippen molar-refractivity contribution in [3.63, 3.8) is 0 Å². The number of anilines is 1. The van der Waals surface area contributed by atoms with Gasteiger partial charge in [-0.2, -0.15) is 0 Å². The smallest absolute Gasteiger partial charge is 0.187 e. The van der Waals surface area contributed by atoms with Gasteiger partial charge in [0.1, 0.15) is 0 Å². The molecule has 0 unspecified atom stereocenters. The number of hydrogen-bond donors (Lipinski definition) is 1. The molecule has 0 fully saturated rings. The SMILES string of the molecule is Nc1ccccc1.O.[AlH3]. The average Bonchev–Trinajstić information content (AvgIpc) is 1.69. The molecule has 0 aliphatic heterocycles. The maximum absolute atomic E-state index is 5.36. The van der Waals surface area contributed by atoms with Gasteiger partial charge in [-0.1, -0.05) is 18.2 Å². The van der Waals surface area contributed by atoms with Crippen LogP contribution in [-0.4, -0.2) is 22.8 Å². The second kappa shape index (κ2) is 5.65. The van der Waals surface area contributed by atoms with Crippen LogP contribution in [0.25, 0.3) is 0 Å². The minimum Gasteiger partial charge on any atom is -0.412 e. The molecule has 0 aromatic heterocycles. The first-order valence-electron chi connectivity index (χ1n) is 2.20. The van der Waals surface area contributed by atoms with E-state index in [1.807, 2.05) is 30.3 Å². The van der Waals surface area contributed by atoms with E-state index in [4.69, 9.17) is 5.73 Å². The molecule has 0 atom stereocenters. The Balaban J connectivity index is 0. The van der Waals surface area contributed by atoms with E-state index in [2.05, 4.69) is 0 Å². The van der Waals surface area contributed by atoms with Crippen molar-refractivity contribution in [2.24, 2.45) is 0 Å². The lowest BCUT2D eigenvalue weighted by atomic mass is 10.3. The van der Waals surface area contributed by atoms with E-state index in [0.29, 0.717) is 0 Å². The van der Waals surface area contributed by atoms with E-state index in [-0.39, 0.29) is 22.8 Å². The summed E-state index contributed by atoms with van der Waals surface area (Å²) in [7, 11) is 0. The summed E-state index contributed by atoms with van der Waals surface area (Å²) < 4.78 is 0. The van der Waals surface area contributed by atoms with Gasteiger partial charge in [-0.05, 0) is 12.1 Å². The largest absolute Gasteiger partial charge is 0.412 e. The molecule has 50 valence electrons. The van der Waals surface area contributed by atoms with Crippen LogP contribution in [-0.2, 0) is 0 Å². The van der Waals surface area contributed by atoms with Crippen molar-refractivity contribution in [2.75, 3.05) is 5.73 Å². The van der Waals surface area contributed by atoms with Crippen molar-refractivity contribution >= 4 is 23.0 Å². The Morgan fingerprint density at radius 2 is 1.44 bits per heavy atom. The number of hydrogen-bond acceptors (Lipinski definition) is 1. The number of para-hydroxylation sites is 1. The molecular weight excluding hydrogens is 129 g/mol. The highest BCUT2D eigenvalue weighted by Crippen LogP contribution is 1.95. The molecule has 0 amide bonds. The van der Waals surface area contributed by atoms with Crippen LogP contribution in [0.3, 0.4) is 0 Å². The molecule has 1 aromatic rings. The summed E-state index contributed by atoms with van der Waals surface area (Å²) in [6, 6.07) is 9.49. The summed E-state index contributed by atoms with van der Waals surface area (Å²) in [6.07, 6.45) is 0. The lowest BCUT2D eigenvalue weighted by Crippen LogP contribution is -1.79. The zero-order valence-corrected chi connectivity index (χ0v) is 4.46. The van der Waals surface area contributed by atoms with E-state index < -0.39 is 0 Å². The summed E-state index contributed by atoms with van der Waals surface area (Å²) in [6.45, 7) is 0. The number of rotatable bonds is 0. The van der Waals surface area contributed by atoms with Crippen LogP contribution in [0.15, 0.2) is 30.3 Å². The minimum absolute atomic E-state index is 0. The zero-order chi connectivity index (χ0) is 5.11. The molecule has 1 rings (SSSR count). The molecule has 4 N–H and O–H groups in total. The van der Waals surface area contributed by atoms with E-state index >= 15 is 0 Å². The Morgan fingerprint density at radius 1 is 1.00 bits per heavy atom. The molecule has 0 bridgehead atoms. The molecule has 0 saturated carbocycles. The van der Waals surface area contributed by atoms with E-state index in [9.17, 15) is 0 Å². The third-order valence-electron chi connectivity index (χ3n) is 0.800. The van der Waals surface area contributed by atoms with Crippen LogP contribution < -0.4 is 5.73 Å². The van der Waals surface area contributed by atoms with Gasteiger partial charge in [0.05, 0.1) is 0 Å². The zero-order valence-electron chi connectivity index (χ0n) is 4.46. The average molecular weight is 141 g/mol. The van der Waals surface area contributed by atoms with Crippen molar-refractivity contribution in [2.45, 2.75) is 0 Å². The first kappa shape index (κ1) is 11.3. The number of nitrogen functional groups attached to an aromatic ring is 1. The Labute approximate surface area is 65.1 Å². The molecule has 0 saturated heterocycles. The third kappa shape index (κ3) is 4.04. The first-order valence-corrected chi connectivity index (χ1v) is 2.20. The van der Waals surface area contributed by atoms with Crippen LogP contribution >= 0.6 is 0 Å². The van der Waals surface area contributed by atoms with Gasteiger partial charge in [0, 0.05) is 5.69 Å². The summed E-state index contributed by atoms with van der Waals surface area (Å²) in [5.74, 6) is 0. The molecule has 0 aliphatic carbocycles. The van der Waals surface area contributed by atoms with Gasteiger partial charge < -0.3 is 11.2 Å². The molecule has 0 aliphatic rings. The van der Waals surface area contributed by atoms with Crippen LogP contribution in [0, 0.1) is 0 Å². The predicted octanol–water partition coefficient (Wildman–Crippen LogP) is -0.740. The predicted molar refractivity (Wildman–Crippen MR) is 44.4 cm³/mol. The Morgan fingerprint density at radius 3 is 1.67 bits per heavy atom. The summed E-state index contributed by atoms with van der Waals surface area (Å²) >= 11 is 0. The van der Waals surface area contributed by atoms with Crippen LogP contribution in [0.4, 0.5) is 5.69 Å². The minimum atomic E-state index is 0. The maximum Gasteiger partial charge on any atom is 0.187 e. The quantitative estimate of drug-likeness (QED) is 0.375. The van der Waals surface area contributed by atoms with Gasteiger partial charge in [-0.3, -0.25) is 0 Å². The molecule has 9 heavy (non-hydrogen) atoms. The van der Waals surface area contributed by atoms with E-state index in [1.165, 1.54) is 0 Å². The lowest BCUT2D eigenvalue weighted by Gasteiger charge is -1.83. The highest BCUT2D eigenvalue weighted by Gasteiger charge is 1.72.